The number of benzene rings is 4. The smallest absolute Gasteiger partial charge is 0.270 e. The number of thiocarbonyl (C=S) groups is 1. The first-order valence-corrected chi connectivity index (χ1v) is 13.3. The molecule has 0 saturated carbocycles. The van der Waals surface area contributed by atoms with E-state index in [1.807, 2.05) is 18.2 Å². The molecule has 0 radical (unpaired) electrons. The lowest BCUT2D eigenvalue weighted by atomic mass is 10.1. The van der Waals surface area contributed by atoms with Crippen molar-refractivity contribution in [2.45, 2.75) is 6.54 Å². The average Bonchev–Trinajstić information content (AvgIpc) is 3.39. The number of amides is 1. The van der Waals surface area contributed by atoms with Crippen LogP contribution in [0.4, 0.5) is 5.69 Å². The van der Waals surface area contributed by atoms with E-state index in [1.165, 1.54) is 33.0 Å². The van der Waals surface area contributed by atoms with E-state index in [0.717, 1.165) is 23.0 Å². The van der Waals surface area contributed by atoms with Gasteiger partial charge in [0.05, 0.1) is 22.7 Å². The molecule has 0 spiro atoms. The fourth-order valence-electron chi connectivity index (χ4n) is 4.68. The van der Waals surface area contributed by atoms with Crippen LogP contribution in [0.3, 0.4) is 0 Å². The van der Waals surface area contributed by atoms with E-state index in [-0.39, 0.29) is 5.91 Å². The summed E-state index contributed by atoms with van der Waals surface area (Å²) in [6, 6.07) is 28.4. The number of fused-ring (bicyclic) bond motifs is 2. The van der Waals surface area contributed by atoms with Crippen LogP contribution in [0.25, 0.3) is 27.8 Å². The van der Waals surface area contributed by atoms with Gasteiger partial charge < -0.3 is 9.30 Å². The van der Waals surface area contributed by atoms with Crippen LogP contribution in [0.1, 0.15) is 11.1 Å². The number of aromatic nitrogens is 1. The molecule has 0 atom stereocenters. The van der Waals surface area contributed by atoms with Crippen LogP contribution in [0, 0.1) is 0 Å². The van der Waals surface area contributed by atoms with Gasteiger partial charge in [-0.15, -0.1) is 0 Å². The molecule has 1 amide bonds. The predicted octanol–water partition coefficient (Wildman–Crippen LogP) is 7.91. The summed E-state index contributed by atoms with van der Waals surface area (Å²) in [6.45, 7) is 0.727. The largest absolute Gasteiger partial charge is 0.495 e. The molecule has 37 heavy (non-hydrogen) atoms. The predicted molar refractivity (Wildman–Crippen MR) is 159 cm³/mol. The molecular formula is C30H21ClN2O2S2. The number of hydrogen-bond donors (Lipinski definition) is 0. The van der Waals surface area contributed by atoms with Crippen molar-refractivity contribution in [3.05, 3.63) is 112 Å². The third kappa shape index (κ3) is 4.42. The van der Waals surface area contributed by atoms with Crippen LogP contribution < -0.4 is 9.64 Å². The standard InChI is InChI=1S/C30H21ClN2O2S2/c1-35-27-13-12-23(16-25(27)31)33-29(34)28(37-30(33)36)15-22-18-32(26-9-5-4-8-24(22)26)17-19-10-11-20-6-2-3-7-21(20)14-19/h2-16,18H,17H2,1H3/b28-15-. The van der Waals surface area contributed by atoms with Crippen LogP contribution in [-0.4, -0.2) is 21.9 Å². The molecule has 0 aliphatic carbocycles. The number of nitrogens with zero attached hydrogens (tertiary/aromatic N) is 2. The van der Waals surface area contributed by atoms with Gasteiger partial charge in [-0.3, -0.25) is 9.69 Å². The molecule has 1 aliphatic heterocycles. The van der Waals surface area contributed by atoms with E-state index < -0.39 is 0 Å². The Balaban J connectivity index is 1.35. The molecule has 4 aromatic carbocycles. The highest BCUT2D eigenvalue weighted by Crippen LogP contribution is 2.39. The molecule has 1 fully saturated rings. The van der Waals surface area contributed by atoms with Crippen molar-refractivity contribution < 1.29 is 9.53 Å². The maximum absolute atomic E-state index is 13.4. The average molecular weight is 541 g/mol. The van der Waals surface area contributed by atoms with Crippen molar-refractivity contribution in [2.24, 2.45) is 0 Å². The Labute approximate surface area is 229 Å². The van der Waals surface area contributed by atoms with Crippen LogP contribution in [0.2, 0.25) is 5.02 Å². The molecule has 2 heterocycles. The van der Waals surface area contributed by atoms with Gasteiger partial charge in [0, 0.05) is 29.2 Å². The van der Waals surface area contributed by atoms with Gasteiger partial charge in [0.15, 0.2) is 4.32 Å². The maximum Gasteiger partial charge on any atom is 0.270 e. The number of ether oxygens (including phenoxy) is 1. The van der Waals surface area contributed by atoms with E-state index in [9.17, 15) is 4.79 Å². The summed E-state index contributed by atoms with van der Waals surface area (Å²) in [5, 5.41) is 3.96. The zero-order valence-electron chi connectivity index (χ0n) is 19.9. The van der Waals surface area contributed by atoms with Gasteiger partial charge in [-0.25, -0.2) is 0 Å². The Bertz CT molecular complexity index is 1740. The number of para-hydroxylation sites is 1. The van der Waals surface area contributed by atoms with Crippen molar-refractivity contribution in [3.8, 4) is 5.75 Å². The van der Waals surface area contributed by atoms with Gasteiger partial charge in [-0.2, -0.15) is 0 Å². The topological polar surface area (TPSA) is 34.5 Å². The van der Waals surface area contributed by atoms with Gasteiger partial charge in [0.1, 0.15) is 5.75 Å². The Kier molecular flexibility index (Phi) is 6.24. The summed E-state index contributed by atoms with van der Waals surface area (Å²) in [4.78, 5) is 15.5. The molecule has 0 bridgehead atoms. The van der Waals surface area contributed by atoms with Crippen LogP contribution in [-0.2, 0) is 11.3 Å². The van der Waals surface area contributed by atoms with Gasteiger partial charge in [0.25, 0.3) is 5.91 Å². The highest BCUT2D eigenvalue weighted by Gasteiger charge is 2.34. The minimum Gasteiger partial charge on any atom is -0.495 e. The summed E-state index contributed by atoms with van der Waals surface area (Å²) >= 11 is 13.2. The Morgan fingerprint density at radius 2 is 1.76 bits per heavy atom. The second-order valence-corrected chi connectivity index (χ2v) is 10.8. The summed E-state index contributed by atoms with van der Waals surface area (Å²) < 4.78 is 7.94. The molecule has 0 N–H and O–H groups in total. The van der Waals surface area contributed by atoms with Crippen molar-refractivity contribution in [2.75, 3.05) is 12.0 Å². The molecule has 1 aliphatic rings. The third-order valence-electron chi connectivity index (χ3n) is 6.46. The second kappa shape index (κ2) is 9.71. The van der Waals surface area contributed by atoms with Crippen molar-refractivity contribution in [3.63, 3.8) is 0 Å². The molecule has 4 nitrogen and oxygen atoms in total. The summed E-state index contributed by atoms with van der Waals surface area (Å²) in [5.41, 5.74) is 3.92. The fraction of sp³-hybridized carbons (Fsp3) is 0.0667. The van der Waals surface area contributed by atoms with E-state index in [4.69, 9.17) is 28.6 Å². The number of anilines is 1. The molecule has 5 aromatic rings. The molecule has 0 unspecified atom stereocenters. The number of carbonyl (C=O) groups is 1. The first kappa shape index (κ1) is 23.8. The normalized spacial score (nSPS) is 14.9. The Hall–Kier alpha value is -3.58. The van der Waals surface area contributed by atoms with E-state index >= 15 is 0 Å². The Morgan fingerprint density at radius 3 is 2.57 bits per heavy atom. The third-order valence-corrected chi connectivity index (χ3v) is 8.06. The number of methoxy groups -OCH3 is 1. The molecule has 182 valence electrons. The van der Waals surface area contributed by atoms with Crippen LogP contribution in [0.15, 0.2) is 96.0 Å². The van der Waals surface area contributed by atoms with Crippen LogP contribution in [0.5, 0.6) is 5.75 Å². The maximum atomic E-state index is 13.4. The summed E-state index contributed by atoms with van der Waals surface area (Å²) in [7, 11) is 1.56. The van der Waals surface area contributed by atoms with Crippen molar-refractivity contribution in [1.29, 1.82) is 0 Å². The molecule has 6 rings (SSSR count). The Morgan fingerprint density at radius 1 is 0.973 bits per heavy atom. The van der Waals surface area contributed by atoms with Gasteiger partial charge in [0.2, 0.25) is 0 Å². The minimum absolute atomic E-state index is 0.164. The highest BCUT2D eigenvalue weighted by molar-refractivity contribution is 8.27. The van der Waals surface area contributed by atoms with E-state index in [2.05, 4.69) is 65.4 Å². The van der Waals surface area contributed by atoms with Gasteiger partial charge in [-0.05, 0) is 52.7 Å². The summed E-state index contributed by atoms with van der Waals surface area (Å²) in [5.74, 6) is 0.383. The number of carbonyl (C=O) groups excluding carboxylic acids is 1. The van der Waals surface area contributed by atoms with Crippen LogP contribution >= 0.6 is 35.6 Å². The number of rotatable bonds is 5. The van der Waals surface area contributed by atoms with E-state index in [1.54, 1.807) is 25.3 Å². The van der Waals surface area contributed by atoms with Gasteiger partial charge >= 0.3 is 0 Å². The lowest BCUT2D eigenvalue weighted by Crippen LogP contribution is -2.27. The minimum atomic E-state index is -0.164. The number of thioether (sulfide) groups is 1. The quantitative estimate of drug-likeness (QED) is 0.167. The molecular weight excluding hydrogens is 520 g/mol. The fourth-order valence-corrected chi connectivity index (χ4v) is 6.22. The zero-order valence-corrected chi connectivity index (χ0v) is 22.2. The van der Waals surface area contributed by atoms with Crippen molar-refractivity contribution in [1.82, 2.24) is 4.57 Å². The van der Waals surface area contributed by atoms with Gasteiger partial charge in [-0.1, -0.05) is 90.2 Å². The SMILES string of the molecule is COc1ccc(N2C(=O)/C(=C/c3cn(Cc4ccc5ccccc5c4)c4ccccc34)SC2=S)cc1Cl. The summed E-state index contributed by atoms with van der Waals surface area (Å²) in [6.07, 6.45) is 4.04. The second-order valence-electron chi connectivity index (χ2n) is 8.75. The number of halogens is 1. The highest BCUT2D eigenvalue weighted by atomic mass is 35.5. The molecule has 7 heteroatoms. The first-order chi connectivity index (χ1) is 18.0. The lowest BCUT2D eigenvalue weighted by Gasteiger charge is -2.15. The monoisotopic (exact) mass is 540 g/mol. The van der Waals surface area contributed by atoms with Crippen molar-refractivity contribution >= 4 is 79.2 Å². The molecule has 1 aromatic heterocycles. The lowest BCUT2D eigenvalue weighted by molar-refractivity contribution is -0.113. The zero-order chi connectivity index (χ0) is 25.5. The molecule has 1 saturated heterocycles. The first-order valence-electron chi connectivity index (χ1n) is 11.7. The number of hydrogen-bond acceptors (Lipinski definition) is 4. The van der Waals surface area contributed by atoms with E-state index in [0.29, 0.717) is 25.7 Å².